The second-order valence-corrected chi connectivity index (χ2v) is 7.78. The zero-order valence-electron chi connectivity index (χ0n) is 18.1. The van der Waals surface area contributed by atoms with Crippen molar-refractivity contribution in [2.45, 2.75) is 46.2 Å². The fourth-order valence-electron chi connectivity index (χ4n) is 3.46. The van der Waals surface area contributed by atoms with Crippen molar-refractivity contribution in [1.29, 1.82) is 0 Å². The molecule has 31 heavy (non-hydrogen) atoms. The van der Waals surface area contributed by atoms with Gasteiger partial charge in [-0.15, -0.1) is 0 Å². The number of ether oxygens (including phenoxy) is 1. The lowest BCUT2D eigenvalue weighted by Crippen LogP contribution is -2.35. The number of carbonyl (C=O) groups excluding carboxylic acids is 2. The molecule has 0 aliphatic rings. The number of hydrogen-bond donors (Lipinski definition) is 1. The van der Waals surface area contributed by atoms with Gasteiger partial charge in [-0.2, -0.15) is 0 Å². The van der Waals surface area contributed by atoms with E-state index in [-0.39, 0.29) is 37.4 Å². The lowest BCUT2D eigenvalue weighted by Gasteiger charge is -2.23. The molecular formula is C24H28N2O5. The average molecular weight is 424 g/mol. The number of aryl methyl sites for hydroxylation is 2. The number of fused-ring (bicyclic) bond motifs is 1. The third kappa shape index (κ3) is 5.63. The number of nitrogens with zero attached hydrogens (tertiary/aromatic N) is 1. The van der Waals surface area contributed by atoms with E-state index in [0.29, 0.717) is 11.1 Å². The summed E-state index contributed by atoms with van der Waals surface area (Å²) in [5, 5.41) is 2.94. The lowest BCUT2D eigenvalue weighted by atomic mass is 9.95. The molecule has 0 radical (unpaired) electrons. The molecule has 0 aliphatic carbocycles. The molecule has 7 heteroatoms. The van der Waals surface area contributed by atoms with Crippen LogP contribution in [0, 0.1) is 5.92 Å². The van der Waals surface area contributed by atoms with Crippen LogP contribution in [0.4, 0.5) is 0 Å². The molecule has 1 N–H and O–H groups in total. The van der Waals surface area contributed by atoms with Crippen LogP contribution < -0.4 is 11.1 Å². The Labute approximate surface area is 181 Å². The molecule has 0 unspecified atom stereocenters. The summed E-state index contributed by atoms with van der Waals surface area (Å²) >= 11 is 0. The van der Waals surface area contributed by atoms with Gasteiger partial charge in [0.2, 0.25) is 0 Å². The number of hydrogen-bond acceptors (Lipinski definition) is 5. The highest BCUT2D eigenvalue weighted by Gasteiger charge is 2.19. The molecule has 0 saturated carbocycles. The molecule has 1 heterocycles. The smallest absolute Gasteiger partial charge is 0.419 e. The van der Waals surface area contributed by atoms with Crippen molar-refractivity contribution in [2.24, 2.45) is 5.92 Å². The Morgan fingerprint density at radius 3 is 2.48 bits per heavy atom. The second kappa shape index (κ2) is 10.1. The first-order chi connectivity index (χ1) is 14.9. The quantitative estimate of drug-likeness (QED) is 0.530. The molecule has 0 bridgehead atoms. The molecule has 0 fully saturated rings. The maximum absolute atomic E-state index is 12.4. The van der Waals surface area contributed by atoms with Gasteiger partial charge < -0.3 is 14.5 Å². The number of nitrogens with one attached hydrogen (secondary N) is 1. The van der Waals surface area contributed by atoms with Gasteiger partial charge in [0.25, 0.3) is 5.91 Å². The Bertz CT molecular complexity index is 1100. The van der Waals surface area contributed by atoms with Gasteiger partial charge in [0.15, 0.2) is 12.2 Å². The van der Waals surface area contributed by atoms with Gasteiger partial charge >= 0.3 is 11.7 Å². The van der Waals surface area contributed by atoms with E-state index >= 15 is 0 Å². The van der Waals surface area contributed by atoms with Crippen LogP contribution in [0.5, 0.6) is 0 Å². The highest BCUT2D eigenvalue weighted by molar-refractivity contribution is 5.81. The maximum Gasteiger partial charge on any atom is 0.419 e. The first kappa shape index (κ1) is 22.3. The van der Waals surface area contributed by atoms with Gasteiger partial charge in [0, 0.05) is 6.54 Å². The average Bonchev–Trinajstić information content (AvgIpc) is 3.09. The van der Waals surface area contributed by atoms with E-state index in [9.17, 15) is 14.4 Å². The summed E-state index contributed by atoms with van der Waals surface area (Å²) in [6.07, 6.45) is 0.915. The first-order valence-electron chi connectivity index (χ1n) is 10.5. The van der Waals surface area contributed by atoms with Gasteiger partial charge in [-0.3, -0.25) is 14.2 Å². The molecule has 164 valence electrons. The molecular weight excluding hydrogens is 396 g/mol. The zero-order chi connectivity index (χ0) is 22.4. The minimum atomic E-state index is -0.555. The third-order valence-electron chi connectivity index (χ3n) is 5.21. The Morgan fingerprint density at radius 1 is 1.10 bits per heavy atom. The standard InChI is InChI=1S/C24H28N2O5/c1-4-17-9-11-18(12-10-17)23(16(2)3)25-21(27)15-30-22(28)13-14-26-19-7-5-6-8-20(19)31-24(26)29/h5-12,16,23H,4,13-15H2,1-3H3,(H,25,27)/t23-/m0/s1. The van der Waals surface area contributed by atoms with Crippen LogP contribution in [0.1, 0.15) is 44.4 Å². The number of carbonyl (C=O) groups is 2. The van der Waals surface area contributed by atoms with Crippen LogP contribution in [0.2, 0.25) is 0 Å². The molecule has 2 aromatic carbocycles. The lowest BCUT2D eigenvalue weighted by molar-refractivity contribution is -0.149. The van der Waals surface area contributed by atoms with E-state index in [1.807, 2.05) is 26.0 Å². The van der Waals surface area contributed by atoms with Crippen LogP contribution in [0.15, 0.2) is 57.7 Å². The Balaban J connectivity index is 1.52. The van der Waals surface area contributed by atoms with Crippen molar-refractivity contribution < 1.29 is 18.7 Å². The fraction of sp³-hybridized carbons (Fsp3) is 0.375. The highest BCUT2D eigenvalue weighted by atomic mass is 16.5. The minimum absolute atomic E-state index is 0.0389. The molecule has 1 atom stereocenters. The topological polar surface area (TPSA) is 90.5 Å². The van der Waals surface area contributed by atoms with Crippen molar-refractivity contribution in [2.75, 3.05) is 6.61 Å². The van der Waals surface area contributed by atoms with Gasteiger partial charge in [0.1, 0.15) is 0 Å². The van der Waals surface area contributed by atoms with Gasteiger partial charge in [0.05, 0.1) is 18.0 Å². The van der Waals surface area contributed by atoms with Crippen LogP contribution in [-0.2, 0) is 27.3 Å². The van der Waals surface area contributed by atoms with Crippen molar-refractivity contribution in [3.63, 3.8) is 0 Å². The van der Waals surface area contributed by atoms with E-state index in [2.05, 4.69) is 24.4 Å². The molecule has 0 spiro atoms. The first-order valence-corrected chi connectivity index (χ1v) is 10.5. The summed E-state index contributed by atoms with van der Waals surface area (Å²) in [6, 6.07) is 15.0. The fourth-order valence-corrected chi connectivity index (χ4v) is 3.46. The Hall–Kier alpha value is -3.35. The number of oxazole rings is 1. The van der Waals surface area contributed by atoms with Gasteiger partial charge in [-0.1, -0.05) is 57.2 Å². The molecule has 7 nitrogen and oxygen atoms in total. The monoisotopic (exact) mass is 424 g/mol. The Morgan fingerprint density at radius 2 is 1.81 bits per heavy atom. The van der Waals surface area contributed by atoms with E-state index in [1.54, 1.807) is 24.3 Å². The molecule has 0 saturated heterocycles. The largest absolute Gasteiger partial charge is 0.456 e. The number of para-hydroxylation sites is 2. The number of rotatable bonds is 9. The molecule has 3 rings (SSSR count). The van der Waals surface area contributed by atoms with Crippen molar-refractivity contribution >= 4 is 23.0 Å². The summed E-state index contributed by atoms with van der Waals surface area (Å²) in [7, 11) is 0. The number of aromatic nitrogens is 1. The predicted molar refractivity (Wildman–Crippen MR) is 118 cm³/mol. The molecule has 1 aromatic heterocycles. The van der Waals surface area contributed by atoms with E-state index in [1.165, 1.54) is 10.1 Å². The summed E-state index contributed by atoms with van der Waals surface area (Å²) in [5.74, 6) is -1.27. The zero-order valence-corrected chi connectivity index (χ0v) is 18.1. The van der Waals surface area contributed by atoms with E-state index < -0.39 is 11.7 Å². The maximum atomic E-state index is 12.4. The highest BCUT2D eigenvalue weighted by Crippen LogP contribution is 2.22. The van der Waals surface area contributed by atoms with E-state index in [4.69, 9.17) is 9.15 Å². The van der Waals surface area contributed by atoms with E-state index in [0.717, 1.165) is 12.0 Å². The molecule has 1 amide bonds. The van der Waals surface area contributed by atoms with Crippen LogP contribution in [-0.4, -0.2) is 23.1 Å². The SMILES string of the molecule is CCc1ccc([C@@H](NC(=O)COC(=O)CCn2c(=O)oc3ccccc32)C(C)C)cc1. The third-order valence-corrected chi connectivity index (χ3v) is 5.21. The van der Waals surface area contributed by atoms with Crippen LogP contribution in [0.25, 0.3) is 11.1 Å². The van der Waals surface area contributed by atoms with Crippen LogP contribution in [0.3, 0.4) is 0 Å². The van der Waals surface area contributed by atoms with Gasteiger partial charge in [-0.25, -0.2) is 4.79 Å². The molecule has 0 aliphatic heterocycles. The molecule has 3 aromatic rings. The summed E-state index contributed by atoms with van der Waals surface area (Å²) in [5.41, 5.74) is 3.33. The minimum Gasteiger partial charge on any atom is -0.456 e. The number of esters is 1. The van der Waals surface area contributed by atoms with Gasteiger partial charge in [-0.05, 0) is 35.6 Å². The van der Waals surface area contributed by atoms with Crippen molar-refractivity contribution in [1.82, 2.24) is 9.88 Å². The summed E-state index contributed by atoms with van der Waals surface area (Å²) in [6.45, 7) is 5.90. The summed E-state index contributed by atoms with van der Waals surface area (Å²) in [4.78, 5) is 36.4. The number of benzene rings is 2. The summed E-state index contributed by atoms with van der Waals surface area (Å²) < 4.78 is 11.6. The van der Waals surface area contributed by atoms with Crippen LogP contribution >= 0.6 is 0 Å². The van der Waals surface area contributed by atoms with Crippen molar-refractivity contribution in [3.8, 4) is 0 Å². The normalized spacial score (nSPS) is 12.1. The Kier molecular flexibility index (Phi) is 7.28. The van der Waals surface area contributed by atoms with Crippen molar-refractivity contribution in [3.05, 3.63) is 70.2 Å². The number of amides is 1. The second-order valence-electron chi connectivity index (χ2n) is 7.78. The predicted octanol–water partition coefficient (Wildman–Crippen LogP) is 3.60.